The number of carboxylic acids is 1. The number of urea groups is 1. The maximum atomic E-state index is 11.6. The van der Waals surface area contributed by atoms with Crippen LogP contribution in [-0.4, -0.2) is 54.9 Å². The predicted octanol–water partition coefficient (Wildman–Crippen LogP) is -0.944. The maximum Gasteiger partial charge on any atom is 0.332 e. The summed E-state index contributed by atoms with van der Waals surface area (Å²) in [5.41, 5.74) is -1.35. The molecule has 3 amide bonds. The van der Waals surface area contributed by atoms with Gasteiger partial charge in [-0.1, -0.05) is 0 Å². The number of amides is 3. The van der Waals surface area contributed by atoms with Gasteiger partial charge in [0, 0.05) is 32.0 Å². The maximum absolute atomic E-state index is 11.6. The highest BCUT2D eigenvalue weighted by atomic mass is 16.5. The molecule has 1 heterocycles. The fraction of sp³-hybridized carbons (Fsp3) is 0.750. The fourth-order valence-corrected chi connectivity index (χ4v) is 2.00. The molecule has 1 unspecified atom stereocenters. The number of rotatable bonds is 6. The lowest BCUT2D eigenvalue weighted by Crippen LogP contribution is -2.58. The summed E-state index contributed by atoms with van der Waals surface area (Å²) < 4.78 is 5.03. The van der Waals surface area contributed by atoms with Crippen LogP contribution in [0.3, 0.4) is 0 Å². The lowest BCUT2D eigenvalue weighted by molar-refractivity contribution is -0.144. The van der Waals surface area contributed by atoms with Gasteiger partial charge >= 0.3 is 12.0 Å². The van der Waals surface area contributed by atoms with Crippen LogP contribution in [0, 0.1) is 5.92 Å². The van der Waals surface area contributed by atoms with Crippen molar-refractivity contribution in [3.8, 4) is 0 Å². The van der Waals surface area contributed by atoms with Crippen molar-refractivity contribution in [2.24, 2.45) is 5.92 Å². The van der Waals surface area contributed by atoms with Crippen molar-refractivity contribution in [3.63, 3.8) is 0 Å². The normalized spacial score (nSPS) is 25.0. The zero-order chi connectivity index (χ0) is 14.6. The summed E-state index contributed by atoms with van der Waals surface area (Å²) in [4.78, 5) is 34.2. The van der Waals surface area contributed by atoms with Crippen LogP contribution in [0.1, 0.15) is 19.3 Å². The fourth-order valence-electron chi connectivity index (χ4n) is 2.00. The summed E-state index contributed by atoms with van der Waals surface area (Å²) in [6.45, 7) is 0.859. The van der Waals surface area contributed by atoms with Gasteiger partial charge in [-0.2, -0.15) is 0 Å². The molecule has 2 rings (SSSR count). The Bertz CT molecular complexity index is 402. The van der Waals surface area contributed by atoms with Crippen molar-refractivity contribution in [2.75, 3.05) is 26.3 Å². The molecule has 0 radical (unpaired) electrons. The van der Waals surface area contributed by atoms with E-state index >= 15 is 0 Å². The average molecular weight is 285 g/mol. The van der Waals surface area contributed by atoms with Gasteiger partial charge in [-0.3, -0.25) is 4.79 Å². The van der Waals surface area contributed by atoms with Crippen LogP contribution >= 0.6 is 0 Å². The van der Waals surface area contributed by atoms with E-state index in [-0.39, 0.29) is 31.4 Å². The van der Waals surface area contributed by atoms with E-state index < -0.39 is 17.5 Å². The van der Waals surface area contributed by atoms with E-state index in [0.29, 0.717) is 13.2 Å². The van der Waals surface area contributed by atoms with E-state index in [0.717, 1.165) is 12.8 Å². The lowest BCUT2D eigenvalue weighted by atomic mass is 9.99. The molecule has 0 bridgehead atoms. The van der Waals surface area contributed by atoms with E-state index in [2.05, 4.69) is 16.0 Å². The molecule has 8 heteroatoms. The minimum Gasteiger partial charge on any atom is -0.479 e. The van der Waals surface area contributed by atoms with Crippen molar-refractivity contribution >= 4 is 17.9 Å². The van der Waals surface area contributed by atoms with Gasteiger partial charge in [0.2, 0.25) is 5.91 Å². The molecule has 2 aliphatic rings. The van der Waals surface area contributed by atoms with Crippen LogP contribution in [0.2, 0.25) is 0 Å². The quantitative estimate of drug-likeness (QED) is 0.470. The van der Waals surface area contributed by atoms with E-state index in [1.54, 1.807) is 0 Å². The first-order valence-electron chi connectivity index (χ1n) is 6.68. The van der Waals surface area contributed by atoms with Gasteiger partial charge in [-0.25, -0.2) is 9.59 Å². The summed E-state index contributed by atoms with van der Waals surface area (Å²) in [5.74, 6) is -0.958. The van der Waals surface area contributed by atoms with Crippen molar-refractivity contribution < 1.29 is 24.2 Å². The smallest absolute Gasteiger partial charge is 0.332 e. The number of carbonyl (C=O) groups excluding carboxylic acids is 2. The summed E-state index contributed by atoms with van der Waals surface area (Å²) in [6.07, 6.45) is 2.11. The van der Waals surface area contributed by atoms with E-state index in [1.807, 2.05) is 0 Å². The molecule has 0 spiro atoms. The molecule has 1 saturated heterocycles. The Morgan fingerprint density at radius 2 is 1.90 bits per heavy atom. The topological polar surface area (TPSA) is 117 Å². The van der Waals surface area contributed by atoms with Gasteiger partial charge in [0.05, 0.1) is 6.61 Å². The zero-order valence-electron chi connectivity index (χ0n) is 11.1. The molecule has 8 nitrogen and oxygen atoms in total. The molecule has 2 fully saturated rings. The molecule has 0 aromatic carbocycles. The minimum atomic E-state index is -1.35. The third-order valence-electron chi connectivity index (χ3n) is 3.44. The van der Waals surface area contributed by atoms with E-state index in [1.165, 1.54) is 0 Å². The second-order valence-corrected chi connectivity index (χ2v) is 5.14. The van der Waals surface area contributed by atoms with Crippen LogP contribution in [-0.2, 0) is 14.3 Å². The standard InChI is InChI=1S/C12H19N3O5/c16-9(8-1-2-8)13-4-5-14-11(19)15-12(10(17)18)3-6-20-7-12/h8H,1-7H2,(H,13,16)(H,17,18)(H2,14,15,19). The Kier molecular flexibility index (Phi) is 4.43. The second kappa shape index (κ2) is 6.08. The second-order valence-electron chi connectivity index (χ2n) is 5.14. The predicted molar refractivity (Wildman–Crippen MR) is 68.1 cm³/mol. The van der Waals surface area contributed by atoms with Crippen molar-refractivity contribution in [2.45, 2.75) is 24.8 Å². The van der Waals surface area contributed by atoms with Gasteiger partial charge in [-0.15, -0.1) is 0 Å². The van der Waals surface area contributed by atoms with Crippen molar-refractivity contribution in [1.82, 2.24) is 16.0 Å². The molecule has 0 aromatic heterocycles. The van der Waals surface area contributed by atoms with Crippen LogP contribution in [0.15, 0.2) is 0 Å². The number of aliphatic carboxylic acids is 1. The molecule has 1 saturated carbocycles. The van der Waals surface area contributed by atoms with E-state index in [9.17, 15) is 14.4 Å². The molecular formula is C12H19N3O5. The molecule has 4 N–H and O–H groups in total. The largest absolute Gasteiger partial charge is 0.479 e. The van der Waals surface area contributed by atoms with Gasteiger partial charge in [0.15, 0.2) is 5.54 Å². The molecule has 1 atom stereocenters. The van der Waals surface area contributed by atoms with Crippen molar-refractivity contribution in [3.05, 3.63) is 0 Å². The molecule has 1 aliphatic heterocycles. The first-order chi connectivity index (χ1) is 9.53. The summed E-state index contributed by atoms with van der Waals surface area (Å²) in [7, 11) is 0. The van der Waals surface area contributed by atoms with Crippen LogP contribution in [0.4, 0.5) is 4.79 Å². The first kappa shape index (κ1) is 14.6. The number of ether oxygens (including phenoxy) is 1. The van der Waals surface area contributed by atoms with Crippen molar-refractivity contribution in [1.29, 1.82) is 0 Å². The Morgan fingerprint density at radius 1 is 1.20 bits per heavy atom. The lowest BCUT2D eigenvalue weighted by Gasteiger charge is -2.23. The van der Waals surface area contributed by atoms with Crippen LogP contribution in [0.5, 0.6) is 0 Å². The molecule has 112 valence electrons. The first-order valence-corrected chi connectivity index (χ1v) is 6.68. The Hall–Kier alpha value is -1.83. The highest BCUT2D eigenvalue weighted by Crippen LogP contribution is 2.28. The molecule has 1 aliphatic carbocycles. The average Bonchev–Trinajstić information content (AvgIpc) is 3.15. The number of nitrogens with one attached hydrogen (secondary N) is 3. The highest BCUT2D eigenvalue weighted by molar-refractivity contribution is 5.86. The van der Waals surface area contributed by atoms with Gasteiger partial charge in [0.1, 0.15) is 0 Å². The van der Waals surface area contributed by atoms with E-state index in [4.69, 9.17) is 9.84 Å². The third-order valence-corrected chi connectivity index (χ3v) is 3.44. The third kappa shape index (κ3) is 3.60. The Morgan fingerprint density at radius 3 is 2.45 bits per heavy atom. The SMILES string of the molecule is O=C(NCCNC(=O)C1CC1)NC1(C(=O)O)CCOC1. The monoisotopic (exact) mass is 285 g/mol. The zero-order valence-corrected chi connectivity index (χ0v) is 11.1. The summed E-state index contributed by atoms with van der Waals surface area (Å²) in [5, 5.41) is 16.8. The van der Waals surface area contributed by atoms with Crippen LogP contribution in [0.25, 0.3) is 0 Å². The number of carboxylic acid groups (broad SMARTS) is 1. The number of hydrogen-bond donors (Lipinski definition) is 4. The van der Waals surface area contributed by atoms with Crippen LogP contribution < -0.4 is 16.0 Å². The Balaban J connectivity index is 1.66. The molecule has 20 heavy (non-hydrogen) atoms. The molecular weight excluding hydrogens is 266 g/mol. The molecule has 0 aromatic rings. The number of carbonyl (C=O) groups is 3. The summed E-state index contributed by atoms with van der Waals surface area (Å²) >= 11 is 0. The minimum absolute atomic E-state index is 0.0124. The number of hydrogen-bond acceptors (Lipinski definition) is 4. The van der Waals surface area contributed by atoms with Gasteiger partial charge in [0.25, 0.3) is 0 Å². The highest BCUT2D eigenvalue weighted by Gasteiger charge is 2.43. The Labute approximate surface area is 116 Å². The van der Waals surface area contributed by atoms with Gasteiger partial charge in [-0.05, 0) is 12.8 Å². The summed E-state index contributed by atoms with van der Waals surface area (Å²) in [6, 6.07) is -0.571. The van der Waals surface area contributed by atoms with Gasteiger partial charge < -0.3 is 25.8 Å².